The first-order chi connectivity index (χ1) is 17.0. The molecule has 1 aliphatic carbocycles. The number of pyridine rings is 2. The minimum atomic E-state index is -1.13. The molecule has 0 saturated heterocycles. The van der Waals surface area contributed by atoms with Gasteiger partial charge in [-0.05, 0) is 36.5 Å². The Balaban J connectivity index is 1.16. The lowest BCUT2D eigenvalue weighted by atomic mass is 10.1. The van der Waals surface area contributed by atoms with E-state index in [1.165, 1.54) is 35.2 Å². The molecule has 3 N–H and O–H groups in total. The zero-order valence-electron chi connectivity index (χ0n) is 18.5. The van der Waals surface area contributed by atoms with Crippen molar-refractivity contribution in [1.82, 2.24) is 39.1 Å². The van der Waals surface area contributed by atoms with Gasteiger partial charge in [0.2, 0.25) is 0 Å². The highest BCUT2D eigenvalue weighted by atomic mass is 35.5. The normalized spacial score (nSPS) is 14.9. The molecule has 1 saturated carbocycles. The van der Waals surface area contributed by atoms with E-state index in [-0.39, 0.29) is 23.7 Å². The highest BCUT2D eigenvalue weighted by Gasteiger charge is 2.25. The van der Waals surface area contributed by atoms with Crippen LogP contribution in [-0.2, 0) is 19.7 Å². The van der Waals surface area contributed by atoms with Crippen LogP contribution in [0.1, 0.15) is 53.2 Å². The van der Waals surface area contributed by atoms with Crippen LogP contribution in [-0.4, -0.2) is 44.0 Å². The lowest BCUT2D eigenvalue weighted by Crippen LogP contribution is -2.21. The Kier molecular flexibility index (Phi) is 5.49. The third-order valence-corrected chi connectivity index (χ3v) is 6.50. The largest absolute Gasteiger partial charge is 0.392 e. The molecule has 6 rings (SSSR count). The number of aromatic nitrogens is 7. The van der Waals surface area contributed by atoms with E-state index in [0.717, 1.165) is 11.3 Å². The van der Waals surface area contributed by atoms with Crippen molar-refractivity contribution in [1.29, 1.82) is 0 Å². The van der Waals surface area contributed by atoms with Gasteiger partial charge in [-0.15, -0.1) is 5.10 Å². The van der Waals surface area contributed by atoms with Crippen LogP contribution >= 0.6 is 11.6 Å². The topological polar surface area (TPSA) is 118 Å². The summed E-state index contributed by atoms with van der Waals surface area (Å²) in [5, 5.41) is 31.3. The second-order valence-electron chi connectivity index (χ2n) is 8.74. The average molecular weight is 497 g/mol. The van der Waals surface area contributed by atoms with Gasteiger partial charge in [0, 0.05) is 30.7 Å². The molecular weight excluding hydrogens is 475 g/mol. The summed E-state index contributed by atoms with van der Waals surface area (Å²) in [6.07, 6.45) is 9.93. The first-order valence-electron chi connectivity index (χ1n) is 11.2. The van der Waals surface area contributed by atoms with Crippen molar-refractivity contribution in [3.63, 3.8) is 0 Å². The van der Waals surface area contributed by atoms with Gasteiger partial charge in [-0.25, -0.2) is 19.0 Å². The van der Waals surface area contributed by atoms with Crippen molar-refractivity contribution < 1.29 is 14.6 Å². The van der Waals surface area contributed by atoms with E-state index in [1.54, 1.807) is 17.1 Å². The quantitative estimate of drug-likeness (QED) is 0.282. The van der Waals surface area contributed by atoms with Gasteiger partial charge in [0.05, 0.1) is 42.1 Å². The second kappa shape index (κ2) is 8.68. The molecule has 1 aliphatic rings. The first-order valence-corrected chi connectivity index (χ1v) is 11.6. The maximum atomic E-state index is 14.4. The number of fused-ring (bicyclic) bond motifs is 2. The molecule has 1 fully saturated rings. The fourth-order valence-electron chi connectivity index (χ4n) is 4.27. The molecule has 35 heavy (non-hydrogen) atoms. The van der Waals surface area contributed by atoms with Crippen molar-refractivity contribution in [3.05, 3.63) is 82.3 Å². The van der Waals surface area contributed by atoms with Crippen LogP contribution in [0.3, 0.4) is 0 Å². The minimum absolute atomic E-state index is 0.00422. The predicted octanol–water partition coefficient (Wildman–Crippen LogP) is 2.56. The van der Waals surface area contributed by atoms with Crippen molar-refractivity contribution in [2.45, 2.75) is 44.7 Å². The van der Waals surface area contributed by atoms with Crippen LogP contribution in [0.25, 0.3) is 11.2 Å². The summed E-state index contributed by atoms with van der Waals surface area (Å²) in [6.45, 7) is 0.371. The number of imidazole rings is 2. The molecule has 180 valence electrons. The molecule has 1 unspecified atom stereocenters. The highest BCUT2D eigenvalue weighted by Crippen LogP contribution is 2.40. The summed E-state index contributed by atoms with van der Waals surface area (Å²) >= 11 is 5.89. The zero-order valence-corrected chi connectivity index (χ0v) is 19.3. The number of halogens is 2. The number of nitrogens with one attached hydrogen (secondary N) is 1. The Bertz CT molecular complexity index is 1540. The van der Waals surface area contributed by atoms with E-state index >= 15 is 0 Å². The standard InChI is InChI=1S/C23H22ClFN8O2/c24-17-3-4-31-12-27-18(21(31)20(17)25)6-26-23(35)19-10-33(30-29-19)9-16-8-32-7-14(13-1-2-13)5-15(11-34)22(32)28-16/h3-5,7-8,10,12-13,23,26,34-35H,1-2,6,9,11H2. The molecule has 5 aromatic rings. The predicted molar refractivity (Wildman–Crippen MR) is 124 cm³/mol. The van der Waals surface area contributed by atoms with E-state index in [0.29, 0.717) is 29.5 Å². The summed E-state index contributed by atoms with van der Waals surface area (Å²) in [6, 6.07) is 3.48. The smallest absolute Gasteiger partial charge is 0.167 e. The van der Waals surface area contributed by atoms with E-state index in [2.05, 4.69) is 31.8 Å². The number of aliphatic hydroxyl groups excluding tert-OH is 2. The number of hydrogen-bond acceptors (Lipinski definition) is 7. The fraction of sp³-hybridized carbons (Fsp3) is 0.304. The average Bonchev–Trinajstić information content (AvgIpc) is 3.26. The lowest BCUT2D eigenvalue weighted by molar-refractivity contribution is 0.132. The third-order valence-electron chi connectivity index (χ3n) is 6.21. The number of hydrogen-bond donors (Lipinski definition) is 3. The second-order valence-corrected chi connectivity index (χ2v) is 9.15. The summed E-state index contributed by atoms with van der Waals surface area (Å²) in [7, 11) is 0. The summed E-state index contributed by atoms with van der Waals surface area (Å²) in [5.41, 5.74) is 4.45. The molecule has 0 aliphatic heterocycles. The third kappa shape index (κ3) is 4.16. The molecule has 0 amide bonds. The maximum Gasteiger partial charge on any atom is 0.167 e. The molecule has 1 atom stereocenters. The Labute approximate surface area is 203 Å². The van der Waals surface area contributed by atoms with Crippen molar-refractivity contribution in [2.75, 3.05) is 0 Å². The van der Waals surface area contributed by atoms with E-state index < -0.39 is 12.0 Å². The Morgan fingerprint density at radius 2 is 2.09 bits per heavy atom. The van der Waals surface area contributed by atoms with Gasteiger partial charge in [0.25, 0.3) is 0 Å². The molecule has 10 nitrogen and oxygen atoms in total. The van der Waals surface area contributed by atoms with Gasteiger partial charge < -0.3 is 19.0 Å². The van der Waals surface area contributed by atoms with Gasteiger partial charge >= 0.3 is 0 Å². The van der Waals surface area contributed by atoms with Crippen molar-refractivity contribution in [2.24, 2.45) is 0 Å². The highest BCUT2D eigenvalue weighted by molar-refractivity contribution is 6.31. The lowest BCUT2D eigenvalue weighted by Gasteiger charge is -2.09. The van der Waals surface area contributed by atoms with E-state index in [1.807, 2.05) is 16.7 Å². The van der Waals surface area contributed by atoms with Gasteiger partial charge in [0.1, 0.15) is 16.9 Å². The molecule has 0 spiro atoms. The van der Waals surface area contributed by atoms with E-state index in [4.69, 9.17) is 11.6 Å². The van der Waals surface area contributed by atoms with Crippen molar-refractivity contribution in [3.8, 4) is 0 Å². The van der Waals surface area contributed by atoms with E-state index in [9.17, 15) is 14.6 Å². The summed E-state index contributed by atoms with van der Waals surface area (Å²) in [5.74, 6) is 0.000938. The van der Waals surface area contributed by atoms with Gasteiger partial charge in [-0.1, -0.05) is 16.8 Å². The van der Waals surface area contributed by atoms with Crippen LogP contribution in [0.4, 0.5) is 4.39 Å². The van der Waals surface area contributed by atoms with Gasteiger partial charge in [-0.3, -0.25) is 5.32 Å². The minimum Gasteiger partial charge on any atom is -0.392 e. The monoisotopic (exact) mass is 496 g/mol. The number of rotatable bonds is 8. The van der Waals surface area contributed by atoms with Crippen molar-refractivity contribution >= 4 is 22.8 Å². The molecule has 12 heteroatoms. The van der Waals surface area contributed by atoms with Crippen LogP contribution in [0.5, 0.6) is 0 Å². The molecule has 0 bridgehead atoms. The molecular formula is C23H22ClFN8O2. The number of nitrogens with zero attached hydrogens (tertiary/aromatic N) is 7. The SMILES string of the molecule is OCc1cc(C2CC2)cn2cc(Cn3cc(C(O)NCc4ncn5ccc(Cl)c(F)c45)nn3)nc12. The fourth-order valence-corrected chi connectivity index (χ4v) is 4.42. The summed E-state index contributed by atoms with van der Waals surface area (Å²) < 4.78 is 19.5. The van der Waals surface area contributed by atoms with Gasteiger partial charge in [0.15, 0.2) is 12.0 Å². The first kappa shape index (κ1) is 22.1. The molecule has 5 aromatic heterocycles. The number of aliphatic hydroxyl groups is 2. The molecule has 0 radical (unpaired) electrons. The molecule has 5 heterocycles. The van der Waals surface area contributed by atoms with Crippen LogP contribution in [0.15, 0.2) is 43.2 Å². The molecule has 0 aromatic carbocycles. The van der Waals surface area contributed by atoms with Crippen LogP contribution < -0.4 is 5.32 Å². The van der Waals surface area contributed by atoms with Gasteiger partial charge in [-0.2, -0.15) is 0 Å². The maximum absolute atomic E-state index is 14.4. The van der Waals surface area contributed by atoms with Crippen LogP contribution in [0, 0.1) is 5.82 Å². The Morgan fingerprint density at radius 3 is 2.89 bits per heavy atom. The Hall–Kier alpha value is -3.38. The summed E-state index contributed by atoms with van der Waals surface area (Å²) in [4.78, 5) is 8.85. The zero-order chi connectivity index (χ0) is 24.1. The van der Waals surface area contributed by atoms with Crippen LogP contribution in [0.2, 0.25) is 5.02 Å². The Morgan fingerprint density at radius 1 is 1.23 bits per heavy atom.